The summed E-state index contributed by atoms with van der Waals surface area (Å²) in [6, 6.07) is 5.52. The number of hydrogen-bond donors (Lipinski definition) is 1. The smallest absolute Gasteiger partial charge is 0.357 e. The first-order valence-electron chi connectivity index (χ1n) is 9.48. The Morgan fingerprint density at radius 1 is 1.14 bits per heavy atom. The number of nitrogens with one attached hydrogen (secondary N) is 1. The minimum Gasteiger partial charge on any atom is -0.497 e. The van der Waals surface area contributed by atoms with Crippen LogP contribution < -0.4 is 10.1 Å². The van der Waals surface area contributed by atoms with Crippen LogP contribution in [0.25, 0.3) is 10.9 Å². The standard InChI is InChI=1S/C20H28N4O4/c1-5-28-20(26)19-18(15-12-14(27-4)6-7-16(15)23(19)3)21-17(25)13-24-10-8-22(2)9-11-24/h6-7,12H,5,8-11,13H2,1-4H3,(H,21,25). The Labute approximate surface area is 165 Å². The summed E-state index contributed by atoms with van der Waals surface area (Å²) in [5, 5.41) is 3.70. The molecule has 8 nitrogen and oxygen atoms in total. The molecule has 1 amide bonds. The van der Waals surface area contributed by atoms with Crippen LogP contribution in [0.4, 0.5) is 5.69 Å². The summed E-state index contributed by atoms with van der Waals surface area (Å²) in [6.07, 6.45) is 0. The Morgan fingerprint density at radius 3 is 2.50 bits per heavy atom. The molecule has 1 aliphatic heterocycles. The van der Waals surface area contributed by atoms with Gasteiger partial charge in [0.05, 0.1) is 31.5 Å². The highest BCUT2D eigenvalue weighted by Crippen LogP contribution is 2.33. The Kier molecular flexibility index (Phi) is 6.21. The highest BCUT2D eigenvalue weighted by atomic mass is 16.5. The molecule has 8 heteroatoms. The molecule has 152 valence electrons. The lowest BCUT2D eigenvalue weighted by atomic mass is 10.2. The molecular weight excluding hydrogens is 360 g/mol. The first kappa shape index (κ1) is 20.2. The van der Waals surface area contributed by atoms with Crippen LogP contribution in [0.3, 0.4) is 0 Å². The van der Waals surface area contributed by atoms with Crippen molar-refractivity contribution in [1.29, 1.82) is 0 Å². The number of aromatic nitrogens is 1. The molecule has 0 bridgehead atoms. The zero-order chi connectivity index (χ0) is 20.3. The van der Waals surface area contributed by atoms with Crippen molar-refractivity contribution in [2.45, 2.75) is 6.92 Å². The van der Waals surface area contributed by atoms with Crippen LogP contribution in [-0.4, -0.2) is 79.7 Å². The number of anilines is 1. The number of carbonyl (C=O) groups excluding carboxylic acids is 2. The van der Waals surface area contributed by atoms with Gasteiger partial charge in [-0.1, -0.05) is 0 Å². The molecule has 2 aromatic rings. The molecule has 0 unspecified atom stereocenters. The number of rotatable bonds is 6. The summed E-state index contributed by atoms with van der Waals surface area (Å²) in [5.41, 5.74) is 1.62. The van der Waals surface area contributed by atoms with E-state index in [0.29, 0.717) is 17.1 Å². The van der Waals surface area contributed by atoms with Gasteiger partial charge < -0.3 is 24.3 Å². The van der Waals surface area contributed by atoms with Crippen LogP contribution >= 0.6 is 0 Å². The maximum absolute atomic E-state index is 12.7. The van der Waals surface area contributed by atoms with Crippen molar-refractivity contribution in [1.82, 2.24) is 14.4 Å². The van der Waals surface area contributed by atoms with Crippen LogP contribution in [0, 0.1) is 0 Å². The first-order valence-corrected chi connectivity index (χ1v) is 9.48. The number of hydrogen-bond acceptors (Lipinski definition) is 6. The lowest BCUT2D eigenvalue weighted by molar-refractivity contribution is -0.117. The molecule has 28 heavy (non-hydrogen) atoms. The molecule has 2 heterocycles. The van der Waals surface area contributed by atoms with Gasteiger partial charge in [-0.05, 0) is 32.2 Å². The quantitative estimate of drug-likeness (QED) is 0.757. The van der Waals surface area contributed by atoms with Crippen molar-refractivity contribution in [3.8, 4) is 5.75 Å². The predicted octanol–water partition coefficient (Wildman–Crippen LogP) is 1.55. The van der Waals surface area contributed by atoms with E-state index in [-0.39, 0.29) is 19.1 Å². The highest BCUT2D eigenvalue weighted by molar-refractivity contribution is 6.12. The van der Waals surface area contributed by atoms with Gasteiger partial charge in [-0.2, -0.15) is 0 Å². The van der Waals surface area contributed by atoms with E-state index in [1.165, 1.54) is 0 Å². The molecule has 1 saturated heterocycles. The first-order chi connectivity index (χ1) is 13.4. The van der Waals surface area contributed by atoms with Gasteiger partial charge in [0.15, 0.2) is 5.69 Å². The normalized spacial score (nSPS) is 15.6. The van der Waals surface area contributed by atoms with Gasteiger partial charge in [-0.3, -0.25) is 9.69 Å². The Balaban J connectivity index is 1.91. The summed E-state index contributed by atoms with van der Waals surface area (Å²) in [5.74, 6) is 0.0450. The minimum absolute atomic E-state index is 0.148. The summed E-state index contributed by atoms with van der Waals surface area (Å²) >= 11 is 0. The van der Waals surface area contributed by atoms with E-state index < -0.39 is 5.97 Å². The van der Waals surface area contributed by atoms with E-state index in [0.717, 1.165) is 37.1 Å². The number of likely N-dealkylation sites (N-methyl/N-ethyl adjacent to an activating group) is 1. The van der Waals surface area contributed by atoms with E-state index in [9.17, 15) is 9.59 Å². The van der Waals surface area contributed by atoms with Crippen LogP contribution in [0.1, 0.15) is 17.4 Å². The van der Waals surface area contributed by atoms with Crippen LogP contribution in [-0.2, 0) is 16.6 Å². The maximum atomic E-state index is 12.7. The fourth-order valence-corrected chi connectivity index (χ4v) is 3.50. The number of benzene rings is 1. The molecule has 1 aliphatic rings. The monoisotopic (exact) mass is 388 g/mol. The number of carbonyl (C=O) groups is 2. The Hall–Kier alpha value is -2.58. The number of fused-ring (bicyclic) bond motifs is 1. The van der Waals surface area contributed by atoms with E-state index in [4.69, 9.17) is 9.47 Å². The topological polar surface area (TPSA) is 76.0 Å². The molecule has 0 spiro atoms. The Morgan fingerprint density at radius 2 is 1.86 bits per heavy atom. The minimum atomic E-state index is -0.463. The third-order valence-corrected chi connectivity index (χ3v) is 5.10. The number of ether oxygens (including phenoxy) is 2. The maximum Gasteiger partial charge on any atom is 0.357 e. The van der Waals surface area contributed by atoms with Crippen LogP contribution in [0.15, 0.2) is 18.2 Å². The lowest BCUT2D eigenvalue weighted by Crippen LogP contribution is -2.47. The number of aryl methyl sites for hydroxylation is 1. The molecule has 0 radical (unpaired) electrons. The van der Waals surface area contributed by atoms with Crippen molar-refractivity contribution in [2.75, 3.05) is 58.8 Å². The molecule has 0 aliphatic carbocycles. The fourth-order valence-electron chi connectivity index (χ4n) is 3.50. The van der Waals surface area contributed by atoms with E-state index in [1.54, 1.807) is 25.6 Å². The zero-order valence-corrected chi connectivity index (χ0v) is 16.9. The molecular formula is C20H28N4O4. The van der Waals surface area contributed by atoms with Gasteiger partial charge in [0.25, 0.3) is 0 Å². The summed E-state index contributed by atoms with van der Waals surface area (Å²) < 4.78 is 12.3. The van der Waals surface area contributed by atoms with Crippen molar-refractivity contribution in [2.24, 2.45) is 7.05 Å². The van der Waals surface area contributed by atoms with Crippen molar-refractivity contribution in [3.05, 3.63) is 23.9 Å². The average Bonchev–Trinajstić information content (AvgIpc) is 2.95. The molecule has 0 atom stereocenters. The molecule has 0 saturated carbocycles. The molecule has 1 N–H and O–H groups in total. The van der Waals surface area contributed by atoms with Crippen molar-refractivity contribution in [3.63, 3.8) is 0 Å². The number of piperazine rings is 1. The van der Waals surface area contributed by atoms with Crippen molar-refractivity contribution < 1.29 is 19.1 Å². The van der Waals surface area contributed by atoms with Crippen molar-refractivity contribution >= 4 is 28.5 Å². The molecule has 1 aromatic carbocycles. The van der Waals surface area contributed by atoms with Gasteiger partial charge >= 0.3 is 5.97 Å². The van der Waals surface area contributed by atoms with E-state index in [1.807, 2.05) is 18.2 Å². The third-order valence-electron chi connectivity index (χ3n) is 5.10. The average molecular weight is 388 g/mol. The third kappa shape index (κ3) is 4.13. The van der Waals surface area contributed by atoms with Gasteiger partial charge in [0.1, 0.15) is 5.75 Å². The fraction of sp³-hybridized carbons (Fsp3) is 0.500. The summed E-state index contributed by atoms with van der Waals surface area (Å²) in [7, 11) is 5.45. The number of methoxy groups -OCH3 is 1. The molecule has 1 aromatic heterocycles. The van der Waals surface area contributed by atoms with Crippen LogP contribution in [0.2, 0.25) is 0 Å². The van der Waals surface area contributed by atoms with Crippen LogP contribution in [0.5, 0.6) is 5.75 Å². The second-order valence-electron chi connectivity index (χ2n) is 7.01. The summed E-state index contributed by atoms with van der Waals surface area (Å²) in [4.78, 5) is 29.7. The Bertz CT molecular complexity index is 869. The largest absolute Gasteiger partial charge is 0.497 e. The second-order valence-corrected chi connectivity index (χ2v) is 7.01. The van der Waals surface area contributed by atoms with Gasteiger partial charge in [0, 0.05) is 38.6 Å². The lowest BCUT2D eigenvalue weighted by Gasteiger charge is -2.31. The zero-order valence-electron chi connectivity index (χ0n) is 16.9. The highest BCUT2D eigenvalue weighted by Gasteiger charge is 2.25. The number of amides is 1. The van der Waals surface area contributed by atoms with Gasteiger partial charge in [-0.15, -0.1) is 0 Å². The number of nitrogens with zero attached hydrogens (tertiary/aromatic N) is 3. The summed E-state index contributed by atoms with van der Waals surface area (Å²) in [6.45, 7) is 5.87. The predicted molar refractivity (Wildman–Crippen MR) is 108 cm³/mol. The SMILES string of the molecule is CCOC(=O)c1c(NC(=O)CN2CCN(C)CC2)c2cc(OC)ccc2n1C. The molecule has 1 fully saturated rings. The molecule has 3 rings (SSSR count). The van der Waals surface area contributed by atoms with Gasteiger partial charge in [-0.25, -0.2) is 4.79 Å². The second kappa shape index (κ2) is 8.62. The number of esters is 1. The van der Waals surface area contributed by atoms with E-state index >= 15 is 0 Å². The van der Waals surface area contributed by atoms with E-state index in [2.05, 4.69) is 22.2 Å². The van der Waals surface area contributed by atoms with Gasteiger partial charge in [0.2, 0.25) is 5.91 Å².